The fourth-order valence-corrected chi connectivity index (χ4v) is 2.23. The fourth-order valence-electron chi connectivity index (χ4n) is 1.48. The monoisotopic (exact) mass is 322 g/mol. The second-order valence-electron chi connectivity index (χ2n) is 4.02. The van der Waals surface area contributed by atoms with Gasteiger partial charge in [-0.2, -0.15) is 8.42 Å². The van der Waals surface area contributed by atoms with Gasteiger partial charge in [-0.25, -0.2) is 5.06 Å². The van der Waals surface area contributed by atoms with Crippen LogP contribution in [0.1, 0.15) is 0 Å². The molecule has 1 N–H and O–H groups in total. The van der Waals surface area contributed by atoms with Gasteiger partial charge in [0.1, 0.15) is 0 Å². The molecular weight excluding hydrogens is 312 g/mol. The van der Waals surface area contributed by atoms with Crippen molar-refractivity contribution in [3.63, 3.8) is 0 Å². The number of non-ortho nitro benzene ring substituents is 1. The van der Waals surface area contributed by atoms with E-state index in [-0.39, 0.29) is 16.3 Å². The lowest BCUT2D eigenvalue weighted by Gasteiger charge is -2.13. The van der Waals surface area contributed by atoms with Crippen LogP contribution in [0, 0.1) is 10.1 Å². The lowest BCUT2D eigenvalue weighted by molar-refractivity contribution is -0.384. The Morgan fingerprint density at radius 1 is 1.23 bits per heavy atom. The number of nitrogens with zero attached hydrogens (tertiary/aromatic N) is 4. The van der Waals surface area contributed by atoms with Gasteiger partial charge < -0.3 is 0 Å². The van der Waals surface area contributed by atoms with Gasteiger partial charge in [-0.15, -0.1) is 5.11 Å². The minimum atomic E-state index is -4.07. The highest BCUT2D eigenvalue weighted by atomic mass is 32.2. The van der Waals surface area contributed by atoms with Crippen molar-refractivity contribution in [1.29, 1.82) is 0 Å². The van der Waals surface area contributed by atoms with Crippen LogP contribution in [0.15, 0.2) is 75.1 Å². The van der Waals surface area contributed by atoms with Crippen LogP contribution in [0.25, 0.3) is 0 Å². The summed E-state index contributed by atoms with van der Waals surface area (Å²) in [5.41, 5.74) is -0.00166. The molecule has 0 saturated heterocycles. The second kappa shape index (κ2) is 6.28. The molecule has 0 aromatic heterocycles. The first-order valence-electron chi connectivity index (χ1n) is 5.85. The molecule has 1 aromatic carbocycles. The third-order valence-electron chi connectivity index (χ3n) is 2.56. The molecule has 1 heterocycles. The average Bonchev–Trinajstić information content (AvgIpc) is 2.49. The number of hydrogen-bond donors (Lipinski definition) is 1. The van der Waals surface area contributed by atoms with E-state index in [1.54, 1.807) is 12.2 Å². The molecular formula is C12H10N4O5S. The second-order valence-corrected chi connectivity index (χ2v) is 5.61. The van der Waals surface area contributed by atoms with Crippen LogP contribution < -0.4 is 0 Å². The van der Waals surface area contributed by atoms with E-state index in [9.17, 15) is 23.7 Å². The van der Waals surface area contributed by atoms with Crippen molar-refractivity contribution < 1.29 is 18.5 Å². The van der Waals surface area contributed by atoms with Gasteiger partial charge in [0.25, 0.3) is 15.7 Å². The van der Waals surface area contributed by atoms with Gasteiger partial charge in [0, 0.05) is 18.3 Å². The molecule has 1 aliphatic heterocycles. The standard InChI is InChI=1S/C12H10N4O5S/c17-15-8-2-1-3-11(15)9-13-14-22(20,21)12-6-4-10(5-7-12)16(18)19/h1-9,17H. The molecule has 0 spiro atoms. The molecule has 0 amide bonds. The largest absolute Gasteiger partial charge is 0.299 e. The summed E-state index contributed by atoms with van der Waals surface area (Å²) in [5.74, 6) is 0. The van der Waals surface area contributed by atoms with E-state index in [1.807, 2.05) is 0 Å². The number of nitro benzene ring substituents is 1. The lowest BCUT2D eigenvalue weighted by atomic mass is 10.3. The smallest absolute Gasteiger partial charge is 0.284 e. The van der Waals surface area contributed by atoms with Gasteiger partial charge in [-0.3, -0.25) is 15.3 Å². The number of hydrogen-bond acceptors (Lipinski definition) is 7. The normalized spacial score (nSPS) is 16.6. The van der Waals surface area contributed by atoms with E-state index in [0.717, 1.165) is 35.5 Å². The lowest BCUT2D eigenvalue weighted by Crippen LogP contribution is -2.10. The average molecular weight is 322 g/mol. The van der Waals surface area contributed by atoms with Crippen molar-refractivity contribution in [2.45, 2.75) is 4.90 Å². The van der Waals surface area contributed by atoms with Gasteiger partial charge >= 0.3 is 0 Å². The van der Waals surface area contributed by atoms with E-state index in [2.05, 4.69) is 9.63 Å². The van der Waals surface area contributed by atoms with Crippen LogP contribution >= 0.6 is 0 Å². The Morgan fingerprint density at radius 2 is 1.91 bits per heavy atom. The molecule has 1 aromatic rings. The first-order chi connectivity index (χ1) is 10.4. The zero-order valence-electron chi connectivity index (χ0n) is 11.0. The summed E-state index contributed by atoms with van der Waals surface area (Å²) >= 11 is 0. The van der Waals surface area contributed by atoms with E-state index in [0.29, 0.717) is 0 Å². The Morgan fingerprint density at radius 3 is 2.50 bits per heavy atom. The van der Waals surface area contributed by atoms with Gasteiger partial charge in [0.2, 0.25) is 0 Å². The Labute approximate surface area is 125 Å². The predicted molar refractivity (Wildman–Crippen MR) is 75.1 cm³/mol. The van der Waals surface area contributed by atoms with Crippen LogP contribution in [-0.4, -0.2) is 23.6 Å². The molecule has 114 valence electrons. The van der Waals surface area contributed by atoms with Crippen molar-refractivity contribution >= 4 is 15.7 Å². The number of nitro groups is 1. The number of sulfonamides is 1. The molecule has 1 aliphatic rings. The zero-order valence-corrected chi connectivity index (χ0v) is 11.8. The Balaban J connectivity index is 2.19. The summed E-state index contributed by atoms with van der Waals surface area (Å²) < 4.78 is 26.9. The predicted octanol–water partition coefficient (Wildman–Crippen LogP) is 2.35. The SMILES string of the molecule is O=[N+]([O-])c1ccc(S(=O)(=O)N=NC=C2C=CC=CN2O)cc1. The zero-order chi connectivity index (χ0) is 16.2. The summed E-state index contributed by atoms with van der Waals surface area (Å²) in [6, 6.07) is 4.26. The van der Waals surface area contributed by atoms with Crippen LogP contribution in [0.4, 0.5) is 5.69 Å². The van der Waals surface area contributed by atoms with Crippen LogP contribution in [0.3, 0.4) is 0 Å². The minimum absolute atomic E-state index is 0.222. The number of rotatable bonds is 4. The Kier molecular flexibility index (Phi) is 4.44. The summed E-state index contributed by atoms with van der Waals surface area (Å²) in [6.45, 7) is 0. The summed E-state index contributed by atoms with van der Waals surface area (Å²) in [6.07, 6.45) is 7.09. The molecule has 0 saturated carbocycles. The van der Waals surface area contributed by atoms with Crippen molar-refractivity contribution in [1.82, 2.24) is 5.06 Å². The molecule has 2 rings (SSSR count). The van der Waals surface area contributed by atoms with Gasteiger partial charge in [0.15, 0.2) is 0 Å². The topological polar surface area (TPSA) is 125 Å². The summed E-state index contributed by atoms with van der Waals surface area (Å²) in [5, 5.41) is 24.1. The maximum atomic E-state index is 11.9. The van der Waals surface area contributed by atoms with Crippen molar-refractivity contribution in [3.8, 4) is 0 Å². The molecule has 10 heteroatoms. The minimum Gasteiger partial charge on any atom is -0.284 e. The molecule has 0 atom stereocenters. The summed E-state index contributed by atoms with van der Waals surface area (Å²) in [4.78, 5) is 9.65. The number of hydroxylamine groups is 2. The molecule has 0 fully saturated rings. The molecule has 9 nitrogen and oxygen atoms in total. The molecule has 0 aliphatic carbocycles. The Bertz CT molecular complexity index is 793. The number of benzene rings is 1. The van der Waals surface area contributed by atoms with E-state index >= 15 is 0 Å². The molecule has 0 unspecified atom stereocenters. The van der Waals surface area contributed by atoms with Gasteiger partial charge in [-0.05, 0) is 24.3 Å². The third kappa shape index (κ3) is 3.62. The van der Waals surface area contributed by atoms with E-state index < -0.39 is 14.9 Å². The Hall–Kier alpha value is -2.85. The first-order valence-corrected chi connectivity index (χ1v) is 7.29. The maximum absolute atomic E-state index is 11.9. The molecule has 0 bridgehead atoms. The highest BCUT2D eigenvalue weighted by molar-refractivity contribution is 7.90. The quantitative estimate of drug-likeness (QED) is 0.515. The van der Waals surface area contributed by atoms with E-state index in [4.69, 9.17) is 0 Å². The van der Waals surface area contributed by atoms with Gasteiger partial charge in [-0.1, -0.05) is 10.6 Å². The summed E-state index contributed by atoms with van der Waals surface area (Å²) in [7, 11) is -4.07. The first kappa shape index (κ1) is 15.5. The van der Waals surface area contributed by atoms with Crippen LogP contribution in [0.2, 0.25) is 0 Å². The number of allylic oxidation sites excluding steroid dienone is 3. The molecule has 22 heavy (non-hydrogen) atoms. The van der Waals surface area contributed by atoms with Crippen LogP contribution in [0.5, 0.6) is 0 Å². The van der Waals surface area contributed by atoms with Gasteiger partial charge in [0.05, 0.1) is 21.7 Å². The van der Waals surface area contributed by atoms with E-state index in [1.165, 1.54) is 12.3 Å². The van der Waals surface area contributed by atoms with Crippen LogP contribution in [-0.2, 0) is 10.0 Å². The van der Waals surface area contributed by atoms with Crippen molar-refractivity contribution in [2.24, 2.45) is 9.63 Å². The highest BCUT2D eigenvalue weighted by Gasteiger charge is 2.15. The molecule has 0 radical (unpaired) electrons. The highest BCUT2D eigenvalue weighted by Crippen LogP contribution is 2.18. The maximum Gasteiger partial charge on any atom is 0.299 e. The van der Waals surface area contributed by atoms with Crippen molar-refractivity contribution in [2.75, 3.05) is 0 Å². The third-order valence-corrected chi connectivity index (χ3v) is 3.74. The fraction of sp³-hybridized carbons (Fsp3) is 0. The van der Waals surface area contributed by atoms with Crippen molar-refractivity contribution in [3.05, 3.63) is 70.7 Å².